The van der Waals surface area contributed by atoms with Gasteiger partial charge in [-0.3, -0.25) is 14.3 Å². The summed E-state index contributed by atoms with van der Waals surface area (Å²) < 4.78 is 13.1. The Bertz CT molecular complexity index is 1160. The van der Waals surface area contributed by atoms with Gasteiger partial charge < -0.3 is 9.79 Å². The highest BCUT2D eigenvalue weighted by Gasteiger charge is 2.41. The molecule has 2 N–H and O–H groups in total. The van der Waals surface area contributed by atoms with Crippen molar-refractivity contribution in [3.8, 4) is 6.07 Å². The number of rotatable bonds is 5. The first-order valence-electron chi connectivity index (χ1n) is 7.94. The molecule has 0 saturated heterocycles. The average molecular weight is 433 g/mol. The molecule has 9 heteroatoms. The standard InChI is InChI=1S/C19H14ClN2O4PS/c1-2-22(16-6-4-3-5-12(16)10-21)19(23)18(27(24,25)26)15-11-28-17-8-7-13(20)9-14(15)17/h2-9,11,18H,1H2,(H2,24,25,26). The molecule has 6 nitrogen and oxygen atoms in total. The fourth-order valence-corrected chi connectivity index (χ4v) is 5.14. The van der Waals surface area contributed by atoms with Crippen molar-refractivity contribution in [2.24, 2.45) is 0 Å². The highest BCUT2D eigenvalue weighted by molar-refractivity contribution is 7.53. The zero-order chi connectivity index (χ0) is 20.5. The Kier molecular flexibility index (Phi) is 5.71. The van der Waals surface area contributed by atoms with Gasteiger partial charge in [-0.2, -0.15) is 5.26 Å². The van der Waals surface area contributed by atoms with E-state index in [0.29, 0.717) is 10.4 Å². The van der Waals surface area contributed by atoms with Gasteiger partial charge in [0.1, 0.15) is 6.07 Å². The highest BCUT2D eigenvalue weighted by Crippen LogP contribution is 2.55. The second-order valence-electron chi connectivity index (χ2n) is 5.84. The number of amides is 1. The fourth-order valence-electron chi connectivity index (χ4n) is 2.91. The number of halogens is 1. The predicted octanol–water partition coefficient (Wildman–Crippen LogP) is 4.82. The number of thiophene rings is 1. The molecule has 0 spiro atoms. The number of carbonyl (C=O) groups is 1. The van der Waals surface area contributed by atoms with Crippen LogP contribution < -0.4 is 4.90 Å². The second-order valence-corrected chi connectivity index (χ2v) is 8.89. The number of nitrogens with zero attached hydrogens (tertiary/aromatic N) is 2. The molecule has 28 heavy (non-hydrogen) atoms. The third kappa shape index (κ3) is 3.74. The Morgan fingerprint density at radius 2 is 2.04 bits per heavy atom. The van der Waals surface area contributed by atoms with E-state index in [1.54, 1.807) is 35.7 Å². The monoisotopic (exact) mass is 432 g/mol. The largest absolute Gasteiger partial charge is 0.342 e. The van der Waals surface area contributed by atoms with Crippen molar-refractivity contribution in [2.75, 3.05) is 4.90 Å². The topological polar surface area (TPSA) is 102 Å². The van der Waals surface area contributed by atoms with Crippen molar-refractivity contribution < 1.29 is 19.1 Å². The maximum atomic E-state index is 13.2. The third-order valence-corrected chi connectivity index (χ3v) is 6.52. The van der Waals surface area contributed by atoms with E-state index in [-0.39, 0.29) is 16.8 Å². The number of carbonyl (C=O) groups excluding carboxylic acids is 1. The van der Waals surface area contributed by atoms with E-state index in [1.807, 2.05) is 6.07 Å². The number of fused-ring (bicyclic) bond motifs is 1. The molecule has 0 bridgehead atoms. The number of hydrogen-bond acceptors (Lipinski definition) is 4. The Morgan fingerprint density at radius 3 is 2.68 bits per heavy atom. The molecule has 0 aliphatic carbocycles. The normalized spacial score (nSPS) is 12.4. The van der Waals surface area contributed by atoms with Crippen molar-refractivity contribution in [3.63, 3.8) is 0 Å². The van der Waals surface area contributed by atoms with Crippen molar-refractivity contribution in [1.29, 1.82) is 5.26 Å². The molecule has 3 rings (SSSR count). The van der Waals surface area contributed by atoms with E-state index in [2.05, 4.69) is 6.58 Å². The van der Waals surface area contributed by atoms with Gasteiger partial charge in [-0.25, -0.2) is 0 Å². The van der Waals surface area contributed by atoms with Gasteiger partial charge in [-0.05, 0) is 46.7 Å². The van der Waals surface area contributed by atoms with Crippen LogP contribution >= 0.6 is 30.5 Å². The maximum Gasteiger partial charge on any atom is 0.342 e. The van der Waals surface area contributed by atoms with Crippen LogP contribution in [0.15, 0.2) is 60.6 Å². The van der Waals surface area contributed by atoms with Crippen molar-refractivity contribution in [2.45, 2.75) is 5.66 Å². The molecule has 1 unspecified atom stereocenters. The van der Waals surface area contributed by atoms with Crippen LogP contribution in [0.2, 0.25) is 5.02 Å². The zero-order valence-corrected chi connectivity index (χ0v) is 16.8. The molecule has 3 aromatic rings. The second kappa shape index (κ2) is 7.88. The summed E-state index contributed by atoms with van der Waals surface area (Å²) in [4.78, 5) is 34.2. The lowest BCUT2D eigenvalue weighted by molar-refractivity contribution is -0.118. The molecular formula is C19H14ClN2O4PS. The Balaban J connectivity index is 2.18. The summed E-state index contributed by atoms with van der Waals surface area (Å²) in [6.07, 6.45) is 1.14. The van der Waals surface area contributed by atoms with E-state index < -0.39 is 19.2 Å². The van der Waals surface area contributed by atoms with E-state index in [9.17, 15) is 24.4 Å². The number of para-hydroxylation sites is 1. The summed E-state index contributed by atoms with van der Waals surface area (Å²) in [5.74, 6) is -0.884. The molecule has 0 fully saturated rings. The highest BCUT2D eigenvalue weighted by atomic mass is 35.5. The van der Waals surface area contributed by atoms with Gasteiger partial charge in [0.25, 0.3) is 5.91 Å². The van der Waals surface area contributed by atoms with Crippen LogP contribution in [-0.4, -0.2) is 15.7 Å². The molecule has 0 aliphatic rings. The number of benzene rings is 2. The summed E-state index contributed by atoms with van der Waals surface area (Å²) in [7, 11) is -4.91. The van der Waals surface area contributed by atoms with Crippen molar-refractivity contribution in [1.82, 2.24) is 0 Å². The summed E-state index contributed by atoms with van der Waals surface area (Å²) >= 11 is 7.29. The first-order valence-corrected chi connectivity index (χ1v) is 10.9. The molecule has 0 aliphatic heterocycles. The number of anilines is 1. The first kappa shape index (κ1) is 20.3. The van der Waals surface area contributed by atoms with Crippen molar-refractivity contribution in [3.05, 3.63) is 76.8 Å². The minimum absolute atomic E-state index is 0.179. The molecule has 0 radical (unpaired) electrons. The zero-order valence-electron chi connectivity index (χ0n) is 14.3. The first-order chi connectivity index (χ1) is 13.3. The van der Waals surface area contributed by atoms with Crippen LogP contribution in [0.4, 0.5) is 5.69 Å². The smallest absolute Gasteiger partial charge is 0.324 e. The predicted molar refractivity (Wildman–Crippen MR) is 110 cm³/mol. The van der Waals surface area contributed by atoms with E-state index in [4.69, 9.17) is 11.6 Å². The Morgan fingerprint density at radius 1 is 1.32 bits per heavy atom. The van der Waals surface area contributed by atoms with Gasteiger partial charge in [0.05, 0.1) is 11.3 Å². The third-order valence-electron chi connectivity index (χ3n) is 4.13. The van der Waals surface area contributed by atoms with Crippen LogP contribution in [-0.2, 0) is 9.36 Å². The summed E-state index contributed by atoms with van der Waals surface area (Å²) in [6.45, 7) is 3.58. The van der Waals surface area contributed by atoms with Crippen LogP contribution in [0.3, 0.4) is 0 Å². The van der Waals surface area contributed by atoms with Gasteiger partial charge in [0.2, 0.25) is 0 Å². The quantitative estimate of drug-likeness (QED) is 0.563. The maximum absolute atomic E-state index is 13.2. The lowest BCUT2D eigenvalue weighted by Gasteiger charge is -2.25. The van der Waals surface area contributed by atoms with Gasteiger partial charge in [0, 0.05) is 15.9 Å². The summed E-state index contributed by atoms with van der Waals surface area (Å²) in [6, 6.07) is 13.2. The molecule has 2 aromatic carbocycles. The Labute approximate surface area is 170 Å². The summed E-state index contributed by atoms with van der Waals surface area (Å²) in [5.41, 5.74) is -1.20. The van der Waals surface area contributed by atoms with E-state index >= 15 is 0 Å². The molecule has 1 amide bonds. The van der Waals surface area contributed by atoms with E-state index in [0.717, 1.165) is 15.8 Å². The molecule has 0 saturated carbocycles. The SMILES string of the molecule is C=CN(C(=O)C(c1csc2ccc(Cl)cc12)P(=O)(O)O)c1ccccc1C#N. The Hall–Kier alpha value is -2.46. The van der Waals surface area contributed by atoms with Crippen LogP contribution in [0.1, 0.15) is 16.8 Å². The molecule has 1 aromatic heterocycles. The van der Waals surface area contributed by atoms with Gasteiger partial charge in [-0.1, -0.05) is 30.3 Å². The minimum Gasteiger partial charge on any atom is -0.324 e. The number of nitriles is 1. The summed E-state index contributed by atoms with van der Waals surface area (Å²) in [5, 5.41) is 11.7. The number of hydrogen-bond donors (Lipinski definition) is 2. The van der Waals surface area contributed by atoms with Crippen LogP contribution in [0, 0.1) is 11.3 Å². The molecule has 1 atom stereocenters. The lowest BCUT2D eigenvalue weighted by atomic mass is 10.1. The fraction of sp³-hybridized carbons (Fsp3) is 0.0526. The van der Waals surface area contributed by atoms with Gasteiger partial charge >= 0.3 is 7.60 Å². The van der Waals surface area contributed by atoms with Gasteiger partial charge in [-0.15, -0.1) is 11.3 Å². The van der Waals surface area contributed by atoms with Crippen LogP contribution in [0.25, 0.3) is 10.1 Å². The van der Waals surface area contributed by atoms with E-state index in [1.165, 1.54) is 23.5 Å². The van der Waals surface area contributed by atoms with Crippen LogP contribution in [0.5, 0.6) is 0 Å². The lowest BCUT2D eigenvalue weighted by Crippen LogP contribution is -2.31. The van der Waals surface area contributed by atoms with Crippen molar-refractivity contribution >= 4 is 52.2 Å². The average Bonchev–Trinajstić information content (AvgIpc) is 3.04. The molecular weight excluding hydrogens is 419 g/mol. The molecule has 142 valence electrons. The van der Waals surface area contributed by atoms with Gasteiger partial charge in [0.15, 0.2) is 5.66 Å². The molecule has 1 heterocycles. The minimum atomic E-state index is -4.91.